The highest BCUT2D eigenvalue weighted by molar-refractivity contribution is 5.68. The van der Waals surface area contributed by atoms with Crippen LogP contribution in [-0.2, 0) is 42.9 Å². The first-order chi connectivity index (χ1) is 12.3. The van der Waals surface area contributed by atoms with E-state index in [1.165, 1.54) is 27.7 Å². The van der Waals surface area contributed by atoms with Crippen LogP contribution in [0, 0.1) is 0 Å². The van der Waals surface area contributed by atoms with Gasteiger partial charge in [0.15, 0.2) is 18.2 Å². The summed E-state index contributed by atoms with van der Waals surface area (Å²) in [7, 11) is 5.37. The van der Waals surface area contributed by atoms with Gasteiger partial charge in [-0.05, 0) is 0 Å². The van der Waals surface area contributed by atoms with Crippen molar-refractivity contribution in [2.24, 2.45) is 0 Å². The molecule has 5 atom stereocenters. The minimum absolute atomic E-state index is 0.175. The Morgan fingerprint density at radius 3 is 1.67 bits per heavy atom. The molecule has 10 heteroatoms. The van der Waals surface area contributed by atoms with E-state index in [4.69, 9.17) is 23.7 Å². The highest BCUT2D eigenvalue weighted by Crippen LogP contribution is 2.32. The molecule has 0 saturated carbocycles. The average molecular weight is 390 g/mol. The Morgan fingerprint density at radius 1 is 0.778 bits per heavy atom. The summed E-state index contributed by atoms with van der Waals surface area (Å²) in [5, 5.41) is 0. The van der Waals surface area contributed by atoms with Crippen LogP contribution >= 0.6 is 0 Å². The molecule has 1 aliphatic rings. The van der Waals surface area contributed by atoms with Crippen LogP contribution < -0.4 is 0 Å². The molecule has 1 aliphatic heterocycles. The molecule has 0 spiro atoms. The fourth-order valence-corrected chi connectivity index (χ4v) is 2.95. The van der Waals surface area contributed by atoms with Crippen LogP contribution in [0.3, 0.4) is 0 Å². The summed E-state index contributed by atoms with van der Waals surface area (Å²) in [6.45, 7) is 4.58. The average Bonchev–Trinajstić information content (AvgIpc) is 2.44. The normalized spacial score (nSPS) is 28.0. The van der Waals surface area contributed by atoms with Gasteiger partial charge in [-0.2, -0.15) is 0 Å². The SMILES string of the molecule is CC(=O)OC[C@H]1OC(OC(C)=O)[C@H]([N+](C)(C)C)[C@@H](OC(C)=O)[C@@H]1OC(C)=O. The molecule has 154 valence electrons. The van der Waals surface area contributed by atoms with Crippen LogP contribution in [0.1, 0.15) is 27.7 Å². The lowest BCUT2D eigenvalue weighted by atomic mass is 9.94. The van der Waals surface area contributed by atoms with Gasteiger partial charge < -0.3 is 28.2 Å². The largest absolute Gasteiger partial charge is 0.463 e. The van der Waals surface area contributed by atoms with Gasteiger partial charge in [0.25, 0.3) is 6.29 Å². The zero-order valence-electron chi connectivity index (χ0n) is 16.7. The number of nitrogens with zero attached hydrogens (tertiary/aromatic N) is 1. The highest BCUT2D eigenvalue weighted by atomic mass is 16.7. The Kier molecular flexibility index (Phi) is 7.73. The summed E-state index contributed by atoms with van der Waals surface area (Å²) < 4.78 is 27.0. The van der Waals surface area contributed by atoms with Crippen LogP contribution in [0.2, 0.25) is 0 Å². The third kappa shape index (κ3) is 6.79. The molecule has 0 N–H and O–H groups in total. The predicted octanol–water partition coefficient (Wildman–Crippen LogP) is -0.224. The van der Waals surface area contributed by atoms with Crippen molar-refractivity contribution in [3.8, 4) is 0 Å². The summed E-state index contributed by atoms with van der Waals surface area (Å²) >= 11 is 0. The van der Waals surface area contributed by atoms with Gasteiger partial charge in [-0.3, -0.25) is 19.2 Å². The molecule has 1 heterocycles. The molecular weight excluding hydrogens is 362 g/mol. The second-order valence-corrected chi connectivity index (χ2v) is 7.21. The van der Waals surface area contributed by atoms with E-state index in [1.54, 1.807) is 21.1 Å². The van der Waals surface area contributed by atoms with Gasteiger partial charge >= 0.3 is 23.9 Å². The van der Waals surface area contributed by atoms with Gasteiger partial charge in [-0.15, -0.1) is 0 Å². The van der Waals surface area contributed by atoms with E-state index in [-0.39, 0.29) is 11.1 Å². The van der Waals surface area contributed by atoms with E-state index in [1.807, 2.05) is 0 Å². The maximum absolute atomic E-state index is 11.7. The topological polar surface area (TPSA) is 114 Å². The molecule has 1 rings (SSSR count). The zero-order chi connectivity index (χ0) is 20.9. The minimum atomic E-state index is -1.11. The Balaban J connectivity index is 3.36. The van der Waals surface area contributed by atoms with Crippen molar-refractivity contribution >= 4 is 23.9 Å². The summed E-state index contributed by atoms with van der Waals surface area (Å²) in [6, 6.07) is -0.698. The number of hydrogen-bond donors (Lipinski definition) is 0. The molecule has 0 aromatic rings. The fourth-order valence-electron chi connectivity index (χ4n) is 2.95. The maximum atomic E-state index is 11.7. The molecule has 27 heavy (non-hydrogen) atoms. The third-order valence-corrected chi connectivity index (χ3v) is 3.85. The number of hydrogen-bond acceptors (Lipinski definition) is 9. The smallest absolute Gasteiger partial charge is 0.305 e. The second-order valence-electron chi connectivity index (χ2n) is 7.21. The number of likely N-dealkylation sites (N-methyl/N-ethyl adjacent to an activating group) is 1. The van der Waals surface area contributed by atoms with Crippen molar-refractivity contribution < 1.29 is 47.3 Å². The Morgan fingerprint density at radius 2 is 1.26 bits per heavy atom. The van der Waals surface area contributed by atoms with Crippen molar-refractivity contribution in [3.63, 3.8) is 0 Å². The van der Waals surface area contributed by atoms with Gasteiger partial charge in [-0.1, -0.05) is 0 Å². The molecular formula is C17H28NO9+. The molecule has 0 radical (unpaired) electrons. The van der Waals surface area contributed by atoms with Gasteiger partial charge in [0.05, 0.1) is 21.1 Å². The first kappa shape index (κ1) is 22.8. The van der Waals surface area contributed by atoms with E-state index in [0.717, 1.165) is 0 Å². The van der Waals surface area contributed by atoms with Crippen LogP contribution in [0.25, 0.3) is 0 Å². The third-order valence-electron chi connectivity index (χ3n) is 3.85. The molecule has 10 nitrogen and oxygen atoms in total. The number of quaternary nitrogens is 1. The lowest BCUT2D eigenvalue weighted by molar-refractivity contribution is -0.909. The Hall–Kier alpha value is -2.20. The maximum Gasteiger partial charge on any atom is 0.305 e. The molecule has 0 aliphatic carbocycles. The summed E-state index contributed by atoms with van der Waals surface area (Å²) in [4.78, 5) is 46.1. The van der Waals surface area contributed by atoms with Gasteiger partial charge in [0.2, 0.25) is 0 Å². The minimum Gasteiger partial charge on any atom is -0.463 e. The quantitative estimate of drug-likeness (QED) is 0.345. The first-order valence-electron chi connectivity index (χ1n) is 8.44. The zero-order valence-corrected chi connectivity index (χ0v) is 16.7. The predicted molar refractivity (Wildman–Crippen MR) is 90.0 cm³/mol. The molecule has 1 unspecified atom stereocenters. The molecule has 0 aromatic carbocycles. The molecule has 0 aromatic heterocycles. The number of ether oxygens (including phenoxy) is 5. The Labute approximate surface area is 158 Å². The number of esters is 4. The van der Waals surface area contributed by atoms with Crippen molar-refractivity contribution in [1.82, 2.24) is 0 Å². The number of rotatable bonds is 6. The molecule has 1 fully saturated rings. The molecule has 0 bridgehead atoms. The van der Waals surface area contributed by atoms with Crippen LogP contribution in [0.4, 0.5) is 0 Å². The molecule has 1 saturated heterocycles. The van der Waals surface area contributed by atoms with Gasteiger partial charge in [-0.25, -0.2) is 0 Å². The first-order valence-corrected chi connectivity index (χ1v) is 8.44. The van der Waals surface area contributed by atoms with E-state index >= 15 is 0 Å². The van der Waals surface area contributed by atoms with Crippen LogP contribution in [-0.4, -0.2) is 86.8 Å². The second kappa shape index (κ2) is 9.14. The number of carbonyl (C=O) groups is 4. The summed E-state index contributed by atoms with van der Waals surface area (Å²) in [6.07, 6.45) is -4.15. The van der Waals surface area contributed by atoms with Crippen molar-refractivity contribution in [1.29, 1.82) is 0 Å². The summed E-state index contributed by atoms with van der Waals surface area (Å²) in [5.74, 6) is -2.40. The standard InChI is InChI=1S/C17H28NO9/c1-9(19)23-8-13-15(24-10(2)20)16(25-11(3)21)14(18(5,6)7)17(27-13)26-12(4)22/h13-17H,8H2,1-7H3/q+1/t13-,14-,15-,16-,17?/m1/s1. The van der Waals surface area contributed by atoms with Crippen molar-refractivity contribution in [2.45, 2.75) is 58.3 Å². The Bertz CT molecular complexity index is 583. The van der Waals surface area contributed by atoms with E-state index < -0.39 is 54.5 Å². The number of carbonyl (C=O) groups excluding carboxylic acids is 4. The van der Waals surface area contributed by atoms with E-state index in [2.05, 4.69) is 0 Å². The fraction of sp³-hybridized carbons (Fsp3) is 0.765. The van der Waals surface area contributed by atoms with E-state index in [9.17, 15) is 19.2 Å². The highest BCUT2D eigenvalue weighted by Gasteiger charge is 2.57. The van der Waals surface area contributed by atoms with Crippen molar-refractivity contribution in [3.05, 3.63) is 0 Å². The monoisotopic (exact) mass is 390 g/mol. The van der Waals surface area contributed by atoms with Crippen molar-refractivity contribution in [2.75, 3.05) is 27.7 Å². The molecule has 0 amide bonds. The van der Waals surface area contributed by atoms with Crippen LogP contribution in [0.15, 0.2) is 0 Å². The van der Waals surface area contributed by atoms with E-state index in [0.29, 0.717) is 0 Å². The van der Waals surface area contributed by atoms with Gasteiger partial charge in [0.1, 0.15) is 12.7 Å². The summed E-state index contributed by atoms with van der Waals surface area (Å²) in [5.41, 5.74) is 0. The lowest BCUT2D eigenvalue weighted by Gasteiger charge is -2.48. The van der Waals surface area contributed by atoms with Crippen LogP contribution in [0.5, 0.6) is 0 Å². The van der Waals surface area contributed by atoms with Gasteiger partial charge in [0, 0.05) is 27.7 Å². The lowest BCUT2D eigenvalue weighted by Crippen LogP contribution is -2.70.